The molecule has 0 N–H and O–H groups in total. The summed E-state index contributed by atoms with van der Waals surface area (Å²) in [4.78, 5) is 10.5. The molecule has 0 atom stereocenters. The average molecular weight is 184 g/mol. The summed E-state index contributed by atoms with van der Waals surface area (Å²) < 4.78 is 39.4. The standard InChI is InChI=1S/C7H11F3O2/c1-5(2)12-4-6(11)3-7(8,9)10/h5H,3-4H2,1-2H3. The molecule has 72 valence electrons. The second-order valence-corrected chi connectivity index (χ2v) is 2.69. The van der Waals surface area contributed by atoms with Crippen LogP contribution in [0.1, 0.15) is 20.3 Å². The van der Waals surface area contributed by atoms with E-state index < -0.39 is 25.0 Å². The Bertz CT molecular complexity index is 151. The van der Waals surface area contributed by atoms with Crippen LogP contribution in [0.4, 0.5) is 13.2 Å². The maximum absolute atomic E-state index is 11.6. The first-order valence-corrected chi connectivity index (χ1v) is 3.51. The molecule has 0 aromatic rings. The molecule has 5 heteroatoms. The number of halogens is 3. The van der Waals surface area contributed by atoms with Crippen molar-refractivity contribution < 1.29 is 22.7 Å². The van der Waals surface area contributed by atoms with Crippen molar-refractivity contribution in [3.05, 3.63) is 0 Å². The Balaban J connectivity index is 3.61. The molecule has 0 spiro atoms. The van der Waals surface area contributed by atoms with Gasteiger partial charge in [-0.2, -0.15) is 13.2 Å². The fourth-order valence-corrected chi connectivity index (χ4v) is 0.534. The minimum atomic E-state index is -4.42. The summed E-state index contributed by atoms with van der Waals surface area (Å²) >= 11 is 0. The van der Waals surface area contributed by atoms with Crippen molar-refractivity contribution in [2.45, 2.75) is 32.5 Å². The fourth-order valence-electron chi connectivity index (χ4n) is 0.534. The van der Waals surface area contributed by atoms with Gasteiger partial charge in [-0.05, 0) is 13.8 Å². The van der Waals surface area contributed by atoms with Crippen LogP contribution in [0.3, 0.4) is 0 Å². The van der Waals surface area contributed by atoms with Crippen LogP contribution in [-0.2, 0) is 9.53 Å². The molecule has 0 heterocycles. The van der Waals surface area contributed by atoms with E-state index in [0.29, 0.717) is 0 Å². The fraction of sp³-hybridized carbons (Fsp3) is 0.857. The number of rotatable bonds is 4. The molecule has 0 aliphatic rings. The van der Waals surface area contributed by atoms with Gasteiger partial charge in [0.2, 0.25) is 0 Å². The third kappa shape index (κ3) is 7.53. The largest absolute Gasteiger partial charge is 0.395 e. The van der Waals surface area contributed by atoms with Crippen LogP contribution < -0.4 is 0 Å². The lowest BCUT2D eigenvalue weighted by Crippen LogP contribution is -2.20. The number of Topliss-reactive ketones (excluding diaryl/α,β-unsaturated/α-hetero) is 1. The highest BCUT2D eigenvalue weighted by atomic mass is 19.4. The maximum Gasteiger partial charge on any atom is 0.395 e. The molecule has 12 heavy (non-hydrogen) atoms. The smallest absolute Gasteiger partial charge is 0.371 e. The first-order valence-electron chi connectivity index (χ1n) is 3.51. The highest BCUT2D eigenvalue weighted by Crippen LogP contribution is 2.19. The van der Waals surface area contributed by atoms with Gasteiger partial charge in [-0.25, -0.2) is 0 Å². The number of carbonyl (C=O) groups is 1. The van der Waals surface area contributed by atoms with Crippen molar-refractivity contribution in [3.63, 3.8) is 0 Å². The van der Waals surface area contributed by atoms with Gasteiger partial charge in [0, 0.05) is 0 Å². The van der Waals surface area contributed by atoms with Gasteiger partial charge in [-0.1, -0.05) is 0 Å². The van der Waals surface area contributed by atoms with E-state index in [9.17, 15) is 18.0 Å². The second-order valence-electron chi connectivity index (χ2n) is 2.69. The molecule has 2 nitrogen and oxygen atoms in total. The molecule has 0 saturated carbocycles. The van der Waals surface area contributed by atoms with Crippen molar-refractivity contribution in [1.29, 1.82) is 0 Å². The van der Waals surface area contributed by atoms with Gasteiger partial charge in [0.25, 0.3) is 0 Å². The molecule has 0 aromatic carbocycles. The zero-order valence-corrected chi connectivity index (χ0v) is 6.94. The van der Waals surface area contributed by atoms with Crippen molar-refractivity contribution in [1.82, 2.24) is 0 Å². The predicted octanol–water partition coefficient (Wildman–Crippen LogP) is 1.93. The van der Waals surface area contributed by atoms with Crippen LogP contribution in [-0.4, -0.2) is 24.7 Å². The third-order valence-corrected chi connectivity index (χ3v) is 0.975. The van der Waals surface area contributed by atoms with E-state index in [1.165, 1.54) is 0 Å². The number of ketones is 1. The first-order chi connectivity index (χ1) is 5.31. The zero-order valence-electron chi connectivity index (χ0n) is 6.94. The molecule has 0 aromatic heterocycles. The Morgan fingerprint density at radius 1 is 1.42 bits per heavy atom. The summed E-state index contributed by atoms with van der Waals surface area (Å²) in [5.74, 6) is -0.934. The van der Waals surface area contributed by atoms with Crippen LogP contribution in [0, 0.1) is 0 Å². The summed E-state index contributed by atoms with van der Waals surface area (Å²) in [7, 11) is 0. The monoisotopic (exact) mass is 184 g/mol. The van der Waals surface area contributed by atoms with Gasteiger partial charge in [0.05, 0.1) is 6.10 Å². The molecule has 0 aliphatic carbocycles. The van der Waals surface area contributed by atoms with Gasteiger partial charge in [-0.15, -0.1) is 0 Å². The molecule has 0 aliphatic heterocycles. The van der Waals surface area contributed by atoms with Gasteiger partial charge >= 0.3 is 6.18 Å². The second kappa shape index (κ2) is 4.45. The summed E-state index contributed by atoms with van der Waals surface area (Å²) in [6.45, 7) is 2.85. The third-order valence-electron chi connectivity index (χ3n) is 0.975. The van der Waals surface area contributed by atoms with Crippen LogP contribution >= 0.6 is 0 Å². The molecular weight excluding hydrogens is 173 g/mol. The van der Waals surface area contributed by atoms with E-state index in [-0.39, 0.29) is 6.10 Å². The number of hydrogen-bond donors (Lipinski definition) is 0. The molecule has 0 unspecified atom stereocenters. The number of hydrogen-bond acceptors (Lipinski definition) is 2. The summed E-state index contributed by atoms with van der Waals surface area (Å²) in [5, 5.41) is 0. The Kier molecular flexibility index (Phi) is 4.23. The predicted molar refractivity (Wildman–Crippen MR) is 36.8 cm³/mol. The summed E-state index contributed by atoms with van der Waals surface area (Å²) in [6.07, 6.45) is -6.04. The highest BCUT2D eigenvalue weighted by molar-refractivity contribution is 5.80. The topological polar surface area (TPSA) is 26.3 Å². The Hall–Kier alpha value is -0.580. The van der Waals surface area contributed by atoms with Crippen LogP contribution in [0.25, 0.3) is 0 Å². The lowest BCUT2D eigenvalue weighted by molar-refractivity contribution is -0.156. The van der Waals surface area contributed by atoms with Gasteiger partial charge in [0.1, 0.15) is 13.0 Å². The normalized spacial score (nSPS) is 12.2. The molecule has 0 saturated heterocycles. The zero-order chi connectivity index (χ0) is 9.78. The Morgan fingerprint density at radius 3 is 2.25 bits per heavy atom. The van der Waals surface area contributed by atoms with Crippen LogP contribution in [0.15, 0.2) is 0 Å². The van der Waals surface area contributed by atoms with Crippen molar-refractivity contribution in [3.8, 4) is 0 Å². The Morgan fingerprint density at radius 2 is 1.92 bits per heavy atom. The van der Waals surface area contributed by atoms with E-state index >= 15 is 0 Å². The molecule has 0 rings (SSSR count). The van der Waals surface area contributed by atoms with Crippen molar-refractivity contribution in [2.75, 3.05) is 6.61 Å². The van der Waals surface area contributed by atoms with Crippen LogP contribution in [0.2, 0.25) is 0 Å². The lowest BCUT2D eigenvalue weighted by atomic mass is 10.3. The molecule has 0 amide bonds. The number of alkyl halides is 3. The molecule has 0 bridgehead atoms. The van der Waals surface area contributed by atoms with Gasteiger partial charge in [-0.3, -0.25) is 4.79 Å². The Labute approximate surface area is 68.7 Å². The van der Waals surface area contributed by atoms with E-state index in [2.05, 4.69) is 0 Å². The first kappa shape index (κ1) is 11.4. The van der Waals surface area contributed by atoms with Crippen molar-refractivity contribution >= 4 is 5.78 Å². The van der Waals surface area contributed by atoms with Gasteiger partial charge < -0.3 is 4.74 Å². The minimum Gasteiger partial charge on any atom is -0.371 e. The van der Waals surface area contributed by atoms with Gasteiger partial charge in [0.15, 0.2) is 5.78 Å². The number of ether oxygens (including phenoxy) is 1. The van der Waals surface area contributed by atoms with E-state index in [1.54, 1.807) is 13.8 Å². The minimum absolute atomic E-state index is 0.220. The van der Waals surface area contributed by atoms with Crippen LogP contribution in [0.5, 0.6) is 0 Å². The SMILES string of the molecule is CC(C)OCC(=O)CC(F)(F)F. The van der Waals surface area contributed by atoms with E-state index in [1.807, 2.05) is 0 Å². The van der Waals surface area contributed by atoms with Crippen molar-refractivity contribution in [2.24, 2.45) is 0 Å². The van der Waals surface area contributed by atoms with E-state index in [4.69, 9.17) is 4.74 Å². The average Bonchev–Trinajstić information content (AvgIpc) is 1.79. The highest BCUT2D eigenvalue weighted by Gasteiger charge is 2.30. The summed E-state index contributed by atoms with van der Waals surface area (Å²) in [6, 6.07) is 0. The molecule has 0 radical (unpaired) electrons. The maximum atomic E-state index is 11.6. The quantitative estimate of drug-likeness (QED) is 0.667. The number of carbonyl (C=O) groups excluding carboxylic acids is 1. The van der Waals surface area contributed by atoms with E-state index in [0.717, 1.165) is 0 Å². The summed E-state index contributed by atoms with van der Waals surface area (Å²) in [5.41, 5.74) is 0. The molecular formula is C7H11F3O2. The molecule has 0 fully saturated rings. The lowest BCUT2D eigenvalue weighted by Gasteiger charge is -2.07.